The number of carboxylic acid groups (broad SMARTS) is 1. The van der Waals surface area contributed by atoms with Crippen molar-refractivity contribution in [2.75, 3.05) is 32.8 Å². The zero-order valence-corrected chi connectivity index (χ0v) is 16.3. The number of hydrogen-bond donors (Lipinski definition) is 1. The molecule has 0 bridgehead atoms. The van der Waals surface area contributed by atoms with E-state index >= 15 is 0 Å². The van der Waals surface area contributed by atoms with E-state index in [1.807, 2.05) is 60.7 Å². The Balaban J connectivity index is 1.47. The molecule has 5 nitrogen and oxygen atoms in total. The summed E-state index contributed by atoms with van der Waals surface area (Å²) in [6, 6.07) is 15.5. The molecule has 0 saturated carbocycles. The zero-order valence-electron chi connectivity index (χ0n) is 15.6. The van der Waals surface area contributed by atoms with Gasteiger partial charge in [-0.2, -0.15) is 0 Å². The molecule has 148 valence electrons. The van der Waals surface area contributed by atoms with E-state index in [1.54, 1.807) is 0 Å². The van der Waals surface area contributed by atoms with Crippen molar-refractivity contribution in [3.63, 3.8) is 0 Å². The largest absolute Gasteiger partial charge is 0.490 e. The van der Waals surface area contributed by atoms with Gasteiger partial charge in [-0.15, -0.1) is 0 Å². The van der Waals surface area contributed by atoms with Gasteiger partial charge in [0, 0.05) is 24.7 Å². The lowest BCUT2D eigenvalue weighted by Crippen LogP contribution is -2.39. The summed E-state index contributed by atoms with van der Waals surface area (Å²) in [5, 5.41) is 9.56. The van der Waals surface area contributed by atoms with Crippen LogP contribution in [-0.4, -0.2) is 48.8 Å². The van der Waals surface area contributed by atoms with Crippen molar-refractivity contribution >= 4 is 23.6 Å². The average Bonchev–Trinajstić information content (AvgIpc) is 2.72. The van der Waals surface area contributed by atoms with Crippen molar-refractivity contribution < 1.29 is 19.4 Å². The van der Waals surface area contributed by atoms with Crippen LogP contribution in [0.3, 0.4) is 0 Å². The Morgan fingerprint density at radius 3 is 2.68 bits per heavy atom. The summed E-state index contributed by atoms with van der Waals surface area (Å²) in [4.78, 5) is 12.9. The van der Waals surface area contributed by atoms with Crippen LogP contribution in [0.5, 0.6) is 5.75 Å². The molecule has 0 spiro atoms. The first kappa shape index (κ1) is 20.4. The number of halogens is 1. The van der Waals surface area contributed by atoms with Gasteiger partial charge in [0.25, 0.3) is 0 Å². The standard InChI is InChI=1S/C22H24ClNO4/c23-19-7-3-17(4-8-19)2-1-14-27-20-9-5-18(6-10-20)21-16-24(13-15-28-21)12-11-22(25)26/h1-10,21H,11-16H2,(H,25,26). The van der Waals surface area contributed by atoms with Crippen molar-refractivity contribution in [1.82, 2.24) is 4.90 Å². The fourth-order valence-corrected chi connectivity index (χ4v) is 3.17. The molecule has 28 heavy (non-hydrogen) atoms. The predicted molar refractivity (Wildman–Crippen MR) is 110 cm³/mol. The minimum absolute atomic E-state index is 0.0404. The van der Waals surface area contributed by atoms with Gasteiger partial charge in [0.15, 0.2) is 0 Å². The minimum Gasteiger partial charge on any atom is -0.490 e. The molecule has 1 fully saturated rings. The molecule has 6 heteroatoms. The van der Waals surface area contributed by atoms with Gasteiger partial charge < -0.3 is 14.6 Å². The van der Waals surface area contributed by atoms with E-state index in [1.165, 1.54) is 0 Å². The van der Waals surface area contributed by atoms with Crippen molar-refractivity contribution in [2.24, 2.45) is 0 Å². The molecule has 2 aromatic carbocycles. The molecule has 2 aromatic rings. The van der Waals surface area contributed by atoms with Crippen LogP contribution < -0.4 is 4.74 Å². The SMILES string of the molecule is O=C(O)CCN1CCOC(c2ccc(OCC=Cc3ccc(Cl)cc3)cc2)C1. The van der Waals surface area contributed by atoms with E-state index < -0.39 is 5.97 Å². The Labute approximate surface area is 170 Å². The van der Waals surface area contributed by atoms with Crippen molar-refractivity contribution in [2.45, 2.75) is 12.5 Å². The molecule has 1 N–H and O–H groups in total. The average molecular weight is 402 g/mol. The van der Waals surface area contributed by atoms with Crippen LogP contribution in [0.4, 0.5) is 0 Å². The van der Waals surface area contributed by atoms with Crippen molar-refractivity contribution in [3.05, 3.63) is 70.8 Å². The number of ether oxygens (including phenoxy) is 2. The minimum atomic E-state index is -0.769. The third kappa shape index (κ3) is 6.37. The highest BCUT2D eigenvalue weighted by Gasteiger charge is 2.22. The number of rotatable bonds is 8. The quantitative estimate of drug-likeness (QED) is 0.715. The lowest BCUT2D eigenvalue weighted by atomic mass is 10.1. The van der Waals surface area contributed by atoms with Gasteiger partial charge in [-0.3, -0.25) is 9.69 Å². The summed E-state index contributed by atoms with van der Waals surface area (Å²) in [5.74, 6) is 0.0257. The van der Waals surface area contributed by atoms with E-state index in [0.29, 0.717) is 26.3 Å². The zero-order chi connectivity index (χ0) is 19.8. The van der Waals surface area contributed by atoms with E-state index in [0.717, 1.165) is 28.4 Å². The molecule has 1 aliphatic rings. The number of benzene rings is 2. The molecule has 0 radical (unpaired) electrons. The summed E-state index contributed by atoms with van der Waals surface area (Å²) in [5.41, 5.74) is 2.15. The fourth-order valence-electron chi connectivity index (χ4n) is 3.04. The molecule has 1 atom stereocenters. The van der Waals surface area contributed by atoms with Crippen LogP contribution in [0, 0.1) is 0 Å². The number of carbonyl (C=O) groups is 1. The molecular formula is C22H24ClNO4. The highest BCUT2D eigenvalue weighted by molar-refractivity contribution is 6.30. The topological polar surface area (TPSA) is 59.0 Å². The summed E-state index contributed by atoms with van der Waals surface area (Å²) >= 11 is 5.87. The van der Waals surface area contributed by atoms with Gasteiger partial charge in [0.05, 0.1) is 19.1 Å². The second-order valence-corrected chi connectivity index (χ2v) is 7.07. The first-order chi connectivity index (χ1) is 13.6. The molecule has 0 aliphatic carbocycles. The number of hydrogen-bond acceptors (Lipinski definition) is 4. The second kappa shape index (κ2) is 10.3. The van der Waals surface area contributed by atoms with Crippen LogP contribution in [-0.2, 0) is 9.53 Å². The lowest BCUT2D eigenvalue weighted by molar-refractivity contribution is -0.137. The fraction of sp³-hybridized carbons (Fsp3) is 0.318. The normalized spacial score (nSPS) is 17.7. The van der Waals surface area contributed by atoms with Crippen molar-refractivity contribution in [3.8, 4) is 5.75 Å². The van der Waals surface area contributed by atoms with E-state index in [2.05, 4.69) is 4.90 Å². The molecule has 1 saturated heterocycles. The van der Waals surface area contributed by atoms with Crippen LogP contribution in [0.25, 0.3) is 6.08 Å². The van der Waals surface area contributed by atoms with Gasteiger partial charge in [0.2, 0.25) is 0 Å². The molecule has 1 aliphatic heterocycles. The molecular weight excluding hydrogens is 378 g/mol. The number of aliphatic carboxylic acids is 1. The van der Waals surface area contributed by atoms with Gasteiger partial charge in [-0.05, 0) is 41.5 Å². The van der Waals surface area contributed by atoms with E-state index in [-0.39, 0.29) is 12.5 Å². The molecule has 1 unspecified atom stereocenters. The van der Waals surface area contributed by atoms with E-state index in [4.69, 9.17) is 26.2 Å². The number of morpholine rings is 1. The highest BCUT2D eigenvalue weighted by atomic mass is 35.5. The Hall–Kier alpha value is -2.34. The highest BCUT2D eigenvalue weighted by Crippen LogP contribution is 2.24. The summed E-state index contributed by atoms with van der Waals surface area (Å²) in [6.45, 7) is 3.11. The number of carboxylic acids is 1. The Morgan fingerprint density at radius 1 is 1.21 bits per heavy atom. The third-order valence-corrected chi connectivity index (χ3v) is 4.82. The summed E-state index contributed by atoms with van der Waals surface area (Å²) in [6.07, 6.45) is 4.07. The van der Waals surface area contributed by atoms with Crippen molar-refractivity contribution in [1.29, 1.82) is 0 Å². The summed E-state index contributed by atoms with van der Waals surface area (Å²) in [7, 11) is 0. The molecule has 0 amide bonds. The number of nitrogens with zero attached hydrogens (tertiary/aromatic N) is 1. The van der Waals surface area contributed by atoms with Crippen LogP contribution in [0.15, 0.2) is 54.6 Å². The Kier molecular flexibility index (Phi) is 7.48. The second-order valence-electron chi connectivity index (χ2n) is 6.64. The van der Waals surface area contributed by atoms with Gasteiger partial charge in [0.1, 0.15) is 12.4 Å². The Bertz CT molecular complexity index is 789. The van der Waals surface area contributed by atoms with Gasteiger partial charge >= 0.3 is 5.97 Å². The molecule has 1 heterocycles. The molecule has 3 rings (SSSR count). The third-order valence-electron chi connectivity index (χ3n) is 4.57. The first-order valence-corrected chi connectivity index (χ1v) is 9.68. The van der Waals surface area contributed by atoms with Crippen LogP contribution in [0.1, 0.15) is 23.7 Å². The maximum absolute atomic E-state index is 10.8. The lowest BCUT2D eigenvalue weighted by Gasteiger charge is -2.32. The van der Waals surface area contributed by atoms with Crippen LogP contribution in [0.2, 0.25) is 5.02 Å². The maximum Gasteiger partial charge on any atom is 0.304 e. The summed E-state index contributed by atoms with van der Waals surface area (Å²) < 4.78 is 11.6. The molecule has 0 aromatic heterocycles. The predicted octanol–water partition coefficient (Wildman–Crippen LogP) is 4.28. The van der Waals surface area contributed by atoms with E-state index in [9.17, 15) is 4.79 Å². The monoisotopic (exact) mass is 401 g/mol. The Morgan fingerprint density at radius 2 is 1.96 bits per heavy atom. The first-order valence-electron chi connectivity index (χ1n) is 9.31. The van der Waals surface area contributed by atoms with Gasteiger partial charge in [-0.25, -0.2) is 0 Å². The smallest absolute Gasteiger partial charge is 0.304 e. The maximum atomic E-state index is 10.8. The van der Waals surface area contributed by atoms with Gasteiger partial charge in [-0.1, -0.05) is 41.9 Å². The van der Waals surface area contributed by atoms with Crippen LogP contribution >= 0.6 is 11.6 Å².